The summed E-state index contributed by atoms with van der Waals surface area (Å²) >= 11 is 3.21. The van der Waals surface area contributed by atoms with Crippen molar-refractivity contribution in [1.82, 2.24) is 9.78 Å². The molecule has 0 N–H and O–H groups in total. The van der Waals surface area contributed by atoms with Crippen LogP contribution in [0.3, 0.4) is 0 Å². The average Bonchev–Trinajstić information content (AvgIpc) is 2.62. The number of halogens is 2. The Labute approximate surface area is 106 Å². The molecule has 0 aliphatic carbocycles. The van der Waals surface area contributed by atoms with Crippen LogP contribution < -0.4 is 0 Å². The molecule has 0 saturated carbocycles. The van der Waals surface area contributed by atoms with Crippen LogP contribution >= 0.6 is 15.9 Å². The number of rotatable bonds is 2. The fourth-order valence-electron chi connectivity index (χ4n) is 1.34. The van der Waals surface area contributed by atoms with Gasteiger partial charge >= 0.3 is 0 Å². The fourth-order valence-corrected chi connectivity index (χ4v) is 2.64. The first-order valence-electron chi connectivity index (χ1n) is 4.57. The molecule has 0 aliphatic rings. The van der Waals surface area contributed by atoms with E-state index in [0.29, 0.717) is 10.2 Å². The molecule has 0 fully saturated rings. The SMILES string of the molecule is CS(=O)(=O)c1cc(Br)cc(-n2cc(F)cn2)c1. The summed E-state index contributed by atoms with van der Waals surface area (Å²) in [5.41, 5.74) is 0.476. The Morgan fingerprint density at radius 3 is 2.59 bits per heavy atom. The molecule has 0 unspecified atom stereocenters. The molecule has 90 valence electrons. The lowest BCUT2D eigenvalue weighted by Crippen LogP contribution is -2.01. The first-order valence-corrected chi connectivity index (χ1v) is 7.26. The predicted molar refractivity (Wildman–Crippen MR) is 64.3 cm³/mol. The summed E-state index contributed by atoms with van der Waals surface area (Å²) in [4.78, 5) is 0.151. The molecule has 2 aromatic rings. The van der Waals surface area contributed by atoms with Gasteiger partial charge in [0.1, 0.15) is 0 Å². The first-order chi connectivity index (χ1) is 7.86. The van der Waals surface area contributed by atoms with E-state index < -0.39 is 15.7 Å². The third-order valence-corrected chi connectivity index (χ3v) is 3.65. The summed E-state index contributed by atoms with van der Waals surface area (Å²) in [6, 6.07) is 4.58. The van der Waals surface area contributed by atoms with Crippen LogP contribution in [-0.2, 0) is 9.84 Å². The highest BCUT2D eigenvalue weighted by molar-refractivity contribution is 9.10. The van der Waals surface area contributed by atoms with E-state index in [9.17, 15) is 12.8 Å². The van der Waals surface area contributed by atoms with Crippen molar-refractivity contribution in [2.45, 2.75) is 4.90 Å². The molecular formula is C10H8BrFN2O2S. The fraction of sp³-hybridized carbons (Fsp3) is 0.100. The molecule has 0 aliphatic heterocycles. The van der Waals surface area contributed by atoms with Gasteiger partial charge in [-0.25, -0.2) is 17.5 Å². The van der Waals surface area contributed by atoms with Crippen LogP contribution in [0.1, 0.15) is 0 Å². The van der Waals surface area contributed by atoms with Crippen LogP contribution in [0.15, 0.2) is 40.0 Å². The molecule has 0 bridgehead atoms. The molecule has 4 nitrogen and oxygen atoms in total. The molecule has 1 aromatic carbocycles. The molecular weight excluding hydrogens is 311 g/mol. The molecule has 2 rings (SSSR count). The van der Waals surface area contributed by atoms with Gasteiger partial charge in [0.25, 0.3) is 0 Å². The minimum Gasteiger partial charge on any atom is -0.238 e. The number of benzene rings is 1. The third-order valence-electron chi connectivity index (χ3n) is 2.10. The maximum atomic E-state index is 12.8. The number of aromatic nitrogens is 2. The minimum atomic E-state index is -3.31. The Balaban J connectivity index is 2.60. The predicted octanol–water partition coefficient (Wildman–Crippen LogP) is 2.18. The van der Waals surface area contributed by atoms with Crippen LogP contribution in [0, 0.1) is 5.82 Å². The van der Waals surface area contributed by atoms with E-state index in [1.807, 2.05) is 0 Å². The highest BCUT2D eigenvalue weighted by Crippen LogP contribution is 2.21. The second-order valence-corrected chi connectivity index (χ2v) is 6.45. The van der Waals surface area contributed by atoms with Crippen molar-refractivity contribution >= 4 is 25.8 Å². The molecule has 0 saturated heterocycles. The summed E-state index contributed by atoms with van der Waals surface area (Å²) in [7, 11) is -3.31. The van der Waals surface area contributed by atoms with Crippen molar-refractivity contribution in [3.8, 4) is 5.69 Å². The maximum Gasteiger partial charge on any atom is 0.175 e. The topological polar surface area (TPSA) is 52.0 Å². The smallest absolute Gasteiger partial charge is 0.175 e. The normalized spacial score (nSPS) is 11.7. The monoisotopic (exact) mass is 318 g/mol. The van der Waals surface area contributed by atoms with Gasteiger partial charge in [0.15, 0.2) is 15.7 Å². The summed E-state index contributed by atoms with van der Waals surface area (Å²) in [5.74, 6) is -0.481. The van der Waals surface area contributed by atoms with E-state index in [1.54, 1.807) is 6.07 Å². The van der Waals surface area contributed by atoms with Gasteiger partial charge < -0.3 is 0 Å². The summed E-state index contributed by atoms with van der Waals surface area (Å²) in [5, 5.41) is 3.78. The van der Waals surface area contributed by atoms with Crippen molar-refractivity contribution < 1.29 is 12.8 Å². The number of nitrogens with zero attached hydrogens (tertiary/aromatic N) is 2. The summed E-state index contributed by atoms with van der Waals surface area (Å²) < 4.78 is 37.6. The Morgan fingerprint density at radius 1 is 1.35 bits per heavy atom. The standard InChI is InChI=1S/C10H8BrFN2O2S/c1-17(15,16)10-3-7(11)2-9(4-10)14-6-8(12)5-13-14/h2-6H,1H3. The third kappa shape index (κ3) is 2.73. The van der Waals surface area contributed by atoms with Crippen molar-refractivity contribution in [1.29, 1.82) is 0 Å². The highest BCUT2D eigenvalue weighted by atomic mass is 79.9. The van der Waals surface area contributed by atoms with Gasteiger partial charge in [0, 0.05) is 10.7 Å². The van der Waals surface area contributed by atoms with Crippen molar-refractivity contribution in [3.05, 3.63) is 40.9 Å². The second-order valence-electron chi connectivity index (χ2n) is 3.52. The highest BCUT2D eigenvalue weighted by Gasteiger charge is 2.11. The second kappa shape index (κ2) is 4.23. The molecule has 1 aromatic heterocycles. The van der Waals surface area contributed by atoms with Crippen LogP contribution in [0.4, 0.5) is 4.39 Å². The van der Waals surface area contributed by atoms with E-state index in [2.05, 4.69) is 21.0 Å². The summed E-state index contributed by atoms with van der Waals surface area (Å²) in [6.07, 6.45) is 3.34. The van der Waals surface area contributed by atoms with Gasteiger partial charge in [0.05, 0.1) is 23.0 Å². The molecule has 7 heteroatoms. The number of hydrogen-bond acceptors (Lipinski definition) is 3. The Kier molecular flexibility index (Phi) is 3.05. The first kappa shape index (κ1) is 12.3. The van der Waals surface area contributed by atoms with Crippen LogP contribution in [0.5, 0.6) is 0 Å². The van der Waals surface area contributed by atoms with E-state index in [1.165, 1.54) is 23.0 Å². The van der Waals surface area contributed by atoms with Crippen molar-refractivity contribution in [3.63, 3.8) is 0 Å². The zero-order chi connectivity index (χ0) is 12.6. The number of sulfone groups is 1. The van der Waals surface area contributed by atoms with E-state index in [0.717, 1.165) is 12.5 Å². The van der Waals surface area contributed by atoms with Gasteiger partial charge in [0.2, 0.25) is 0 Å². The van der Waals surface area contributed by atoms with E-state index in [-0.39, 0.29) is 4.90 Å². The molecule has 0 atom stereocenters. The zero-order valence-electron chi connectivity index (χ0n) is 8.76. The molecule has 0 amide bonds. The Hall–Kier alpha value is -1.21. The quantitative estimate of drug-likeness (QED) is 0.852. The lowest BCUT2D eigenvalue weighted by Gasteiger charge is -2.05. The molecule has 0 radical (unpaired) electrons. The van der Waals surface area contributed by atoms with Crippen LogP contribution in [0.2, 0.25) is 0 Å². The van der Waals surface area contributed by atoms with Crippen LogP contribution in [-0.4, -0.2) is 24.5 Å². The van der Waals surface area contributed by atoms with Gasteiger partial charge in [-0.3, -0.25) is 0 Å². The molecule has 17 heavy (non-hydrogen) atoms. The Bertz CT molecular complexity index is 667. The average molecular weight is 319 g/mol. The van der Waals surface area contributed by atoms with Crippen LogP contribution in [0.25, 0.3) is 5.69 Å². The maximum absolute atomic E-state index is 12.8. The minimum absolute atomic E-state index is 0.151. The zero-order valence-corrected chi connectivity index (χ0v) is 11.2. The van der Waals surface area contributed by atoms with Gasteiger partial charge in [-0.05, 0) is 18.2 Å². The Morgan fingerprint density at radius 2 is 2.06 bits per heavy atom. The number of hydrogen-bond donors (Lipinski definition) is 0. The van der Waals surface area contributed by atoms with Crippen molar-refractivity contribution in [2.24, 2.45) is 0 Å². The van der Waals surface area contributed by atoms with E-state index in [4.69, 9.17) is 0 Å². The lowest BCUT2D eigenvalue weighted by molar-refractivity contribution is 0.601. The summed E-state index contributed by atoms with van der Waals surface area (Å²) in [6.45, 7) is 0. The largest absolute Gasteiger partial charge is 0.238 e. The van der Waals surface area contributed by atoms with Crippen molar-refractivity contribution in [2.75, 3.05) is 6.26 Å². The lowest BCUT2D eigenvalue weighted by atomic mass is 10.3. The van der Waals surface area contributed by atoms with E-state index >= 15 is 0 Å². The molecule has 0 spiro atoms. The van der Waals surface area contributed by atoms with Gasteiger partial charge in [-0.2, -0.15) is 5.10 Å². The van der Waals surface area contributed by atoms with Gasteiger partial charge in [-0.1, -0.05) is 15.9 Å². The van der Waals surface area contributed by atoms with Gasteiger partial charge in [-0.15, -0.1) is 0 Å². The molecule has 1 heterocycles.